The van der Waals surface area contributed by atoms with Gasteiger partial charge in [-0.1, -0.05) is 19.1 Å². The summed E-state index contributed by atoms with van der Waals surface area (Å²) in [5.74, 6) is -1.11. The van der Waals surface area contributed by atoms with Gasteiger partial charge in [-0.15, -0.1) is 0 Å². The van der Waals surface area contributed by atoms with Crippen LogP contribution < -0.4 is 10.2 Å². The molecule has 2 fully saturated rings. The van der Waals surface area contributed by atoms with Crippen molar-refractivity contribution in [1.82, 2.24) is 10.2 Å². The van der Waals surface area contributed by atoms with E-state index in [1.54, 1.807) is 18.2 Å². The number of piperidine rings is 1. The third kappa shape index (κ3) is 4.18. The SMILES string of the molecule is CCCN1CCC(NC(=O)[C@@H]2CC(=O)N(c3ccccc3F)C2)CC1. The molecule has 1 aromatic carbocycles. The van der Waals surface area contributed by atoms with Crippen LogP contribution in [0, 0.1) is 11.7 Å². The number of rotatable bonds is 5. The summed E-state index contributed by atoms with van der Waals surface area (Å²) in [6.45, 7) is 5.54. The van der Waals surface area contributed by atoms with Crippen LogP contribution in [0.2, 0.25) is 0 Å². The topological polar surface area (TPSA) is 52.7 Å². The molecule has 1 atom stereocenters. The van der Waals surface area contributed by atoms with Crippen molar-refractivity contribution >= 4 is 17.5 Å². The Labute approximate surface area is 148 Å². The molecule has 0 saturated carbocycles. The Bertz CT molecular complexity index is 629. The number of benzene rings is 1. The molecule has 136 valence electrons. The quantitative estimate of drug-likeness (QED) is 0.888. The van der Waals surface area contributed by atoms with Gasteiger partial charge in [0.15, 0.2) is 0 Å². The highest BCUT2D eigenvalue weighted by atomic mass is 19.1. The Morgan fingerprint density at radius 3 is 2.68 bits per heavy atom. The fourth-order valence-corrected chi connectivity index (χ4v) is 3.72. The van der Waals surface area contributed by atoms with E-state index in [-0.39, 0.29) is 36.5 Å². The van der Waals surface area contributed by atoms with Crippen LogP contribution in [-0.4, -0.2) is 48.9 Å². The summed E-state index contributed by atoms with van der Waals surface area (Å²) < 4.78 is 13.9. The molecular weight excluding hydrogens is 321 g/mol. The lowest BCUT2D eigenvalue weighted by Gasteiger charge is -2.32. The summed E-state index contributed by atoms with van der Waals surface area (Å²) in [6.07, 6.45) is 3.19. The highest BCUT2D eigenvalue weighted by molar-refractivity contribution is 6.00. The Balaban J connectivity index is 1.54. The van der Waals surface area contributed by atoms with Crippen molar-refractivity contribution < 1.29 is 14.0 Å². The standard InChI is InChI=1S/C19H26FN3O2/c1-2-9-22-10-7-15(8-11-22)21-19(25)14-12-18(24)23(13-14)17-6-4-3-5-16(17)20/h3-6,14-15H,2,7-13H2,1H3,(H,21,25)/t14-/m1/s1. The normalized spacial score (nSPS) is 22.4. The lowest BCUT2D eigenvalue weighted by Crippen LogP contribution is -2.46. The Morgan fingerprint density at radius 2 is 2.00 bits per heavy atom. The van der Waals surface area contributed by atoms with Gasteiger partial charge in [-0.05, 0) is 37.9 Å². The van der Waals surface area contributed by atoms with Crippen LogP contribution in [0.25, 0.3) is 0 Å². The highest BCUT2D eigenvalue weighted by Gasteiger charge is 2.37. The maximum absolute atomic E-state index is 13.9. The molecule has 0 bridgehead atoms. The summed E-state index contributed by atoms with van der Waals surface area (Å²) in [6, 6.07) is 6.38. The van der Waals surface area contributed by atoms with Crippen LogP contribution in [0.5, 0.6) is 0 Å². The van der Waals surface area contributed by atoms with Crippen molar-refractivity contribution in [2.24, 2.45) is 5.92 Å². The largest absolute Gasteiger partial charge is 0.353 e. The molecule has 25 heavy (non-hydrogen) atoms. The molecule has 6 heteroatoms. The predicted octanol–water partition coefficient (Wildman–Crippen LogP) is 2.17. The summed E-state index contributed by atoms with van der Waals surface area (Å²) in [5.41, 5.74) is 0.260. The molecule has 1 aromatic rings. The number of nitrogens with zero attached hydrogens (tertiary/aromatic N) is 2. The Hall–Kier alpha value is -1.95. The van der Waals surface area contributed by atoms with Crippen LogP contribution >= 0.6 is 0 Å². The van der Waals surface area contributed by atoms with Crippen LogP contribution in [0.4, 0.5) is 10.1 Å². The number of halogens is 1. The van der Waals surface area contributed by atoms with Gasteiger partial charge in [-0.2, -0.15) is 0 Å². The van der Waals surface area contributed by atoms with E-state index in [2.05, 4.69) is 17.1 Å². The number of carbonyl (C=O) groups is 2. The predicted molar refractivity (Wildman–Crippen MR) is 94.8 cm³/mol. The van der Waals surface area contributed by atoms with Crippen LogP contribution in [-0.2, 0) is 9.59 Å². The molecule has 5 nitrogen and oxygen atoms in total. The molecule has 0 aliphatic carbocycles. The number of nitrogens with one attached hydrogen (secondary N) is 1. The molecule has 2 aliphatic heterocycles. The summed E-state index contributed by atoms with van der Waals surface area (Å²) in [5, 5.41) is 3.09. The second-order valence-corrected chi connectivity index (χ2v) is 6.98. The van der Waals surface area contributed by atoms with Gasteiger partial charge in [0.05, 0.1) is 11.6 Å². The first-order valence-corrected chi connectivity index (χ1v) is 9.16. The first kappa shape index (κ1) is 17.9. The molecule has 0 aromatic heterocycles. The molecule has 2 saturated heterocycles. The van der Waals surface area contributed by atoms with E-state index in [9.17, 15) is 14.0 Å². The number of anilines is 1. The molecule has 1 N–H and O–H groups in total. The average molecular weight is 347 g/mol. The number of amides is 2. The second-order valence-electron chi connectivity index (χ2n) is 6.98. The zero-order valence-corrected chi connectivity index (χ0v) is 14.7. The third-order valence-electron chi connectivity index (χ3n) is 5.11. The smallest absolute Gasteiger partial charge is 0.227 e. The highest BCUT2D eigenvalue weighted by Crippen LogP contribution is 2.27. The summed E-state index contributed by atoms with van der Waals surface area (Å²) in [7, 11) is 0. The number of likely N-dealkylation sites (tertiary alicyclic amines) is 1. The summed E-state index contributed by atoms with van der Waals surface area (Å²) in [4.78, 5) is 28.6. The van der Waals surface area contributed by atoms with E-state index in [1.165, 1.54) is 11.0 Å². The zero-order chi connectivity index (χ0) is 17.8. The minimum atomic E-state index is -0.430. The van der Waals surface area contributed by atoms with E-state index in [1.807, 2.05) is 0 Å². The lowest BCUT2D eigenvalue weighted by atomic mass is 10.0. The van der Waals surface area contributed by atoms with E-state index in [4.69, 9.17) is 0 Å². The number of hydrogen-bond donors (Lipinski definition) is 1. The maximum atomic E-state index is 13.9. The van der Waals surface area contributed by atoms with Crippen molar-refractivity contribution in [2.45, 2.75) is 38.6 Å². The molecule has 0 spiro atoms. The second kappa shape index (κ2) is 7.95. The van der Waals surface area contributed by atoms with Gasteiger partial charge in [-0.3, -0.25) is 9.59 Å². The minimum absolute atomic E-state index is 0.0823. The van der Waals surface area contributed by atoms with Crippen LogP contribution in [0.15, 0.2) is 24.3 Å². The molecule has 0 radical (unpaired) electrons. The van der Waals surface area contributed by atoms with Gasteiger partial charge < -0.3 is 15.1 Å². The van der Waals surface area contributed by atoms with Crippen molar-refractivity contribution in [3.05, 3.63) is 30.1 Å². The van der Waals surface area contributed by atoms with Gasteiger partial charge in [-0.25, -0.2) is 4.39 Å². The number of para-hydroxylation sites is 1. The molecular formula is C19H26FN3O2. The van der Waals surface area contributed by atoms with Crippen molar-refractivity contribution in [3.63, 3.8) is 0 Å². The average Bonchev–Trinajstić information content (AvgIpc) is 2.99. The Kier molecular flexibility index (Phi) is 5.68. The van der Waals surface area contributed by atoms with E-state index < -0.39 is 11.7 Å². The van der Waals surface area contributed by atoms with Crippen LogP contribution in [0.1, 0.15) is 32.6 Å². The van der Waals surface area contributed by atoms with E-state index in [0.29, 0.717) is 0 Å². The molecule has 3 rings (SSSR count). The molecule has 0 unspecified atom stereocenters. The van der Waals surface area contributed by atoms with Crippen molar-refractivity contribution in [2.75, 3.05) is 31.1 Å². The molecule has 2 aliphatic rings. The fraction of sp³-hybridized carbons (Fsp3) is 0.579. The number of carbonyl (C=O) groups excluding carboxylic acids is 2. The van der Waals surface area contributed by atoms with Gasteiger partial charge in [0.1, 0.15) is 5.82 Å². The van der Waals surface area contributed by atoms with Crippen LogP contribution in [0.3, 0.4) is 0 Å². The first-order chi connectivity index (χ1) is 12.1. The fourth-order valence-electron chi connectivity index (χ4n) is 3.72. The van der Waals surface area contributed by atoms with Crippen molar-refractivity contribution in [3.8, 4) is 0 Å². The monoisotopic (exact) mass is 347 g/mol. The molecule has 2 amide bonds. The van der Waals surface area contributed by atoms with Gasteiger partial charge >= 0.3 is 0 Å². The first-order valence-electron chi connectivity index (χ1n) is 9.16. The minimum Gasteiger partial charge on any atom is -0.353 e. The van der Waals surface area contributed by atoms with E-state index in [0.717, 1.165) is 38.9 Å². The maximum Gasteiger partial charge on any atom is 0.227 e. The van der Waals surface area contributed by atoms with Gasteiger partial charge in [0, 0.05) is 32.1 Å². The summed E-state index contributed by atoms with van der Waals surface area (Å²) >= 11 is 0. The number of hydrogen-bond acceptors (Lipinski definition) is 3. The molecule has 2 heterocycles. The van der Waals surface area contributed by atoms with E-state index >= 15 is 0 Å². The van der Waals surface area contributed by atoms with Crippen molar-refractivity contribution in [1.29, 1.82) is 0 Å². The lowest BCUT2D eigenvalue weighted by molar-refractivity contribution is -0.127. The zero-order valence-electron chi connectivity index (χ0n) is 14.7. The third-order valence-corrected chi connectivity index (χ3v) is 5.11. The van der Waals surface area contributed by atoms with Gasteiger partial charge in [0.2, 0.25) is 11.8 Å². The Morgan fingerprint density at radius 1 is 1.28 bits per heavy atom. The van der Waals surface area contributed by atoms with Gasteiger partial charge in [0.25, 0.3) is 0 Å².